The van der Waals surface area contributed by atoms with Crippen LogP contribution in [0, 0.1) is 17.6 Å². The first-order valence-electron chi connectivity index (χ1n) is 10.1. The standard InChI is InChI=1S/C22H26F2N2O4S/c1-14(15-3-7-17(23)8-4-15)25-22(27)16-5-9-18(10-6-16)26-31(28,29)19-11-12-21(30-2)20(24)13-19/h3-4,7-8,11-14,16,18,26H,5-6,9-10H2,1-2H3,(H,25,27)/t14-,16?,18?/m1/s1. The molecule has 0 radical (unpaired) electrons. The van der Waals surface area contributed by atoms with Crippen LogP contribution in [0.4, 0.5) is 8.78 Å². The minimum Gasteiger partial charge on any atom is -0.494 e. The van der Waals surface area contributed by atoms with Gasteiger partial charge >= 0.3 is 0 Å². The summed E-state index contributed by atoms with van der Waals surface area (Å²) >= 11 is 0. The molecule has 0 bridgehead atoms. The molecule has 1 aliphatic carbocycles. The molecular weight excluding hydrogens is 426 g/mol. The largest absolute Gasteiger partial charge is 0.494 e. The molecule has 0 spiro atoms. The Morgan fingerprint density at radius 1 is 1.06 bits per heavy atom. The van der Waals surface area contributed by atoms with Crippen LogP contribution < -0.4 is 14.8 Å². The smallest absolute Gasteiger partial charge is 0.240 e. The molecule has 31 heavy (non-hydrogen) atoms. The highest BCUT2D eigenvalue weighted by Crippen LogP contribution is 2.27. The Morgan fingerprint density at radius 3 is 2.29 bits per heavy atom. The van der Waals surface area contributed by atoms with E-state index in [2.05, 4.69) is 10.0 Å². The quantitative estimate of drug-likeness (QED) is 0.671. The van der Waals surface area contributed by atoms with Crippen molar-refractivity contribution < 1.29 is 26.7 Å². The molecule has 6 nitrogen and oxygen atoms in total. The molecule has 1 atom stereocenters. The molecule has 0 aromatic heterocycles. The molecule has 1 aliphatic rings. The van der Waals surface area contributed by atoms with Crippen LogP contribution in [-0.4, -0.2) is 27.5 Å². The molecule has 2 aromatic rings. The van der Waals surface area contributed by atoms with Crippen molar-refractivity contribution in [1.29, 1.82) is 0 Å². The fraction of sp³-hybridized carbons (Fsp3) is 0.409. The predicted molar refractivity (Wildman–Crippen MR) is 112 cm³/mol. The van der Waals surface area contributed by atoms with Gasteiger partial charge in [-0.25, -0.2) is 21.9 Å². The lowest BCUT2D eigenvalue weighted by molar-refractivity contribution is -0.126. The Balaban J connectivity index is 1.53. The number of hydrogen-bond acceptors (Lipinski definition) is 4. The van der Waals surface area contributed by atoms with E-state index in [9.17, 15) is 22.0 Å². The highest BCUT2D eigenvalue weighted by Gasteiger charge is 2.30. The molecule has 2 aromatic carbocycles. The summed E-state index contributed by atoms with van der Waals surface area (Å²) in [5.74, 6) is -1.43. The molecule has 0 aliphatic heterocycles. The van der Waals surface area contributed by atoms with E-state index in [-0.39, 0.29) is 40.4 Å². The summed E-state index contributed by atoms with van der Waals surface area (Å²) < 4.78 is 59.5. The van der Waals surface area contributed by atoms with Crippen LogP contribution in [-0.2, 0) is 14.8 Å². The summed E-state index contributed by atoms with van der Waals surface area (Å²) in [4.78, 5) is 12.4. The van der Waals surface area contributed by atoms with Crippen LogP contribution in [0.1, 0.15) is 44.2 Å². The first-order valence-corrected chi connectivity index (χ1v) is 11.6. The average molecular weight is 453 g/mol. The molecule has 2 N–H and O–H groups in total. The number of rotatable bonds is 7. The minimum atomic E-state index is -3.88. The maximum Gasteiger partial charge on any atom is 0.240 e. The Morgan fingerprint density at radius 2 is 1.71 bits per heavy atom. The van der Waals surface area contributed by atoms with E-state index in [1.807, 2.05) is 6.92 Å². The van der Waals surface area contributed by atoms with Crippen LogP contribution in [0.5, 0.6) is 5.75 Å². The number of benzene rings is 2. The van der Waals surface area contributed by atoms with Gasteiger partial charge in [0.05, 0.1) is 18.0 Å². The number of nitrogens with one attached hydrogen (secondary N) is 2. The van der Waals surface area contributed by atoms with Gasteiger partial charge < -0.3 is 10.1 Å². The Hall–Kier alpha value is -2.52. The fourth-order valence-electron chi connectivity index (χ4n) is 3.74. The second-order valence-electron chi connectivity index (χ2n) is 7.75. The number of carbonyl (C=O) groups is 1. The van der Waals surface area contributed by atoms with E-state index in [0.29, 0.717) is 25.7 Å². The second-order valence-corrected chi connectivity index (χ2v) is 9.46. The Labute approximate surface area is 181 Å². The molecule has 9 heteroatoms. The predicted octanol–water partition coefficient (Wildman–Crippen LogP) is 3.69. The lowest BCUT2D eigenvalue weighted by atomic mass is 9.85. The van der Waals surface area contributed by atoms with Crippen molar-refractivity contribution in [2.24, 2.45) is 5.92 Å². The molecule has 3 rings (SSSR count). The second kappa shape index (κ2) is 9.74. The first kappa shape index (κ1) is 23.1. The number of ether oxygens (including phenoxy) is 1. The van der Waals surface area contributed by atoms with Crippen LogP contribution in [0.3, 0.4) is 0 Å². The number of amides is 1. The molecule has 1 amide bonds. The number of methoxy groups -OCH3 is 1. The van der Waals surface area contributed by atoms with Gasteiger partial charge in [-0.05, 0) is 68.5 Å². The van der Waals surface area contributed by atoms with E-state index in [4.69, 9.17) is 4.74 Å². The lowest BCUT2D eigenvalue weighted by Gasteiger charge is -2.29. The van der Waals surface area contributed by atoms with Crippen molar-refractivity contribution in [2.45, 2.75) is 49.6 Å². The van der Waals surface area contributed by atoms with Crippen LogP contribution in [0.15, 0.2) is 47.4 Å². The topological polar surface area (TPSA) is 84.5 Å². The van der Waals surface area contributed by atoms with E-state index >= 15 is 0 Å². The SMILES string of the molecule is COc1ccc(S(=O)(=O)NC2CCC(C(=O)N[C@H](C)c3ccc(F)cc3)CC2)cc1F. The zero-order chi connectivity index (χ0) is 22.6. The van der Waals surface area contributed by atoms with Crippen molar-refractivity contribution in [3.8, 4) is 5.75 Å². The van der Waals surface area contributed by atoms with Gasteiger partial charge in [0.15, 0.2) is 11.6 Å². The molecule has 1 saturated carbocycles. The molecular formula is C22H26F2N2O4S. The Bertz CT molecular complexity index is 1020. The fourth-order valence-corrected chi connectivity index (χ4v) is 5.06. The van der Waals surface area contributed by atoms with Gasteiger partial charge in [0, 0.05) is 12.0 Å². The highest BCUT2D eigenvalue weighted by molar-refractivity contribution is 7.89. The number of hydrogen-bond donors (Lipinski definition) is 2. The maximum atomic E-state index is 13.9. The summed E-state index contributed by atoms with van der Waals surface area (Å²) in [6.45, 7) is 1.83. The number of sulfonamides is 1. The summed E-state index contributed by atoms with van der Waals surface area (Å²) in [5.41, 5.74) is 0.808. The third kappa shape index (κ3) is 5.80. The van der Waals surface area contributed by atoms with Gasteiger partial charge in [-0.15, -0.1) is 0 Å². The van der Waals surface area contributed by atoms with Gasteiger partial charge in [-0.3, -0.25) is 4.79 Å². The van der Waals surface area contributed by atoms with Gasteiger partial charge in [0.1, 0.15) is 5.82 Å². The van der Waals surface area contributed by atoms with Gasteiger partial charge in [-0.2, -0.15) is 0 Å². The van der Waals surface area contributed by atoms with Crippen molar-refractivity contribution in [1.82, 2.24) is 10.0 Å². The summed E-state index contributed by atoms with van der Waals surface area (Å²) in [5, 5.41) is 2.94. The van der Waals surface area contributed by atoms with Crippen LogP contribution >= 0.6 is 0 Å². The zero-order valence-corrected chi connectivity index (χ0v) is 18.2. The average Bonchev–Trinajstić information content (AvgIpc) is 2.74. The van der Waals surface area contributed by atoms with Crippen molar-refractivity contribution >= 4 is 15.9 Å². The van der Waals surface area contributed by atoms with Crippen LogP contribution in [0.25, 0.3) is 0 Å². The Kier molecular flexibility index (Phi) is 7.27. The van der Waals surface area contributed by atoms with E-state index in [0.717, 1.165) is 11.6 Å². The molecule has 0 unspecified atom stereocenters. The van der Waals surface area contributed by atoms with E-state index in [1.165, 1.54) is 31.4 Å². The van der Waals surface area contributed by atoms with Crippen molar-refractivity contribution in [3.63, 3.8) is 0 Å². The highest BCUT2D eigenvalue weighted by atomic mass is 32.2. The van der Waals surface area contributed by atoms with Gasteiger partial charge in [0.2, 0.25) is 15.9 Å². The first-order chi connectivity index (χ1) is 14.7. The van der Waals surface area contributed by atoms with E-state index < -0.39 is 15.8 Å². The van der Waals surface area contributed by atoms with Crippen molar-refractivity contribution in [3.05, 3.63) is 59.7 Å². The maximum absolute atomic E-state index is 13.9. The third-order valence-electron chi connectivity index (χ3n) is 5.58. The molecule has 1 fully saturated rings. The van der Waals surface area contributed by atoms with Gasteiger partial charge in [-0.1, -0.05) is 12.1 Å². The number of halogens is 2. The molecule has 0 heterocycles. The minimum absolute atomic E-state index is 0.0275. The van der Waals surface area contributed by atoms with Crippen LogP contribution in [0.2, 0.25) is 0 Å². The summed E-state index contributed by atoms with van der Waals surface area (Å²) in [6.07, 6.45) is 2.07. The molecule has 168 valence electrons. The van der Waals surface area contributed by atoms with E-state index in [1.54, 1.807) is 12.1 Å². The monoisotopic (exact) mass is 452 g/mol. The summed E-state index contributed by atoms with van der Waals surface area (Å²) in [6, 6.07) is 8.88. The zero-order valence-electron chi connectivity index (χ0n) is 17.4. The number of carbonyl (C=O) groups excluding carboxylic acids is 1. The van der Waals surface area contributed by atoms with Gasteiger partial charge in [0.25, 0.3) is 0 Å². The molecule has 0 saturated heterocycles. The third-order valence-corrected chi connectivity index (χ3v) is 7.10. The normalized spacial score (nSPS) is 20.1. The lowest BCUT2D eigenvalue weighted by Crippen LogP contribution is -2.41. The summed E-state index contributed by atoms with van der Waals surface area (Å²) in [7, 11) is -2.58. The van der Waals surface area contributed by atoms with Crippen molar-refractivity contribution in [2.75, 3.05) is 7.11 Å².